The fraction of sp³-hybridized carbons (Fsp3) is 0.625. The van der Waals surface area contributed by atoms with E-state index >= 15 is 0 Å². The van der Waals surface area contributed by atoms with Crippen LogP contribution in [-0.4, -0.2) is 64.8 Å². The monoisotopic (exact) mass is 328 g/mol. The lowest BCUT2D eigenvalue weighted by molar-refractivity contribution is -0.159. The van der Waals surface area contributed by atoms with Crippen molar-refractivity contribution in [3.05, 3.63) is 23.8 Å². The highest BCUT2D eigenvalue weighted by Crippen LogP contribution is 2.30. The molecule has 0 spiro atoms. The normalized spacial score (nSPS) is 27.2. The predicted octanol–water partition coefficient (Wildman–Crippen LogP) is 0.968. The Morgan fingerprint density at radius 2 is 1.83 bits per heavy atom. The van der Waals surface area contributed by atoms with Crippen molar-refractivity contribution in [2.45, 2.75) is 31.2 Å². The van der Waals surface area contributed by atoms with Crippen LogP contribution in [0.25, 0.3) is 0 Å². The summed E-state index contributed by atoms with van der Waals surface area (Å²) in [5.74, 6) is 1.37. The van der Waals surface area contributed by atoms with Crippen molar-refractivity contribution in [3.8, 4) is 11.5 Å². The van der Waals surface area contributed by atoms with Crippen LogP contribution in [0.4, 0.5) is 0 Å². The SMILES string of the molecule is COc1ccc(CO[C@@H]2[C@@H](OC)[C@@H](OC)O[C@@H]2CO)c(OC)c1. The van der Waals surface area contributed by atoms with Gasteiger partial charge in [0, 0.05) is 25.8 Å². The number of aliphatic hydroxyl groups is 1. The lowest BCUT2D eigenvalue weighted by atomic mass is 10.1. The number of hydrogen-bond donors (Lipinski definition) is 1. The molecule has 0 radical (unpaired) electrons. The highest BCUT2D eigenvalue weighted by atomic mass is 16.7. The molecule has 1 saturated heterocycles. The standard InChI is InChI=1S/C16H24O7/c1-18-11-6-5-10(12(7-11)19-2)9-22-14-13(8-17)23-16(21-4)15(14)20-3/h5-7,13-17H,8-9H2,1-4H3/t13-,14+,15-,16+/m1/s1. The molecule has 1 aliphatic heterocycles. The molecule has 1 aliphatic rings. The second kappa shape index (κ2) is 8.47. The summed E-state index contributed by atoms with van der Waals surface area (Å²) in [6.07, 6.45) is -1.93. The molecule has 130 valence electrons. The summed E-state index contributed by atoms with van der Waals surface area (Å²) in [6.45, 7) is 0.109. The first-order chi connectivity index (χ1) is 11.2. The van der Waals surface area contributed by atoms with Gasteiger partial charge in [0.15, 0.2) is 6.29 Å². The fourth-order valence-corrected chi connectivity index (χ4v) is 2.63. The smallest absolute Gasteiger partial charge is 0.186 e. The summed E-state index contributed by atoms with van der Waals surface area (Å²) in [5.41, 5.74) is 0.862. The molecule has 0 aromatic heterocycles. The molecule has 7 heteroatoms. The predicted molar refractivity (Wildman–Crippen MR) is 81.7 cm³/mol. The second-order valence-electron chi connectivity index (χ2n) is 5.11. The zero-order valence-corrected chi connectivity index (χ0v) is 13.9. The van der Waals surface area contributed by atoms with Gasteiger partial charge < -0.3 is 33.5 Å². The Bertz CT molecular complexity index is 493. The van der Waals surface area contributed by atoms with E-state index in [4.69, 9.17) is 28.4 Å². The van der Waals surface area contributed by atoms with Crippen LogP contribution in [0.5, 0.6) is 11.5 Å². The molecule has 7 nitrogen and oxygen atoms in total. The zero-order chi connectivity index (χ0) is 16.8. The molecular formula is C16H24O7. The van der Waals surface area contributed by atoms with Gasteiger partial charge >= 0.3 is 0 Å². The third-order valence-electron chi connectivity index (χ3n) is 3.88. The summed E-state index contributed by atoms with van der Waals surface area (Å²) < 4.78 is 32.7. The highest BCUT2D eigenvalue weighted by Gasteiger charge is 2.45. The first-order valence-electron chi connectivity index (χ1n) is 7.32. The molecule has 4 atom stereocenters. The van der Waals surface area contributed by atoms with Gasteiger partial charge in [-0.25, -0.2) is 0 Å². The van der Waals surface area contributed by atoms with E-state index in [1.165, 1.54) is 7.11 Å². The van der Waals surface area contributed by atoms with Crippen molar-refractivity contribution >= 4 is 0 Å². The summed E-state index contributed by atoms with van der Waals surface area (Å²) in [6, 6.07) is 5.50. The van der Waals surface area contributed by atoms with Gasteiger partial charge in [-0.05, 0) is 12.1 Å². The van der Waals surface area contributed by atoms with Gasteiger partial charge in [0.1, 0.15) is 29.8 Å². The van der Waals surface area contributed by atoms with Gasteiger partial charge in [-0.1, -0.05) is 0 Å². The minimum Gasteiger partial charge on any atom is -0.497 e. The molecule has 1 fully saturated rings. The van der Waals surface area contributed by atoms with E-state index in [0.29, 0.717) is 11.5 Å². The average Bonchev–Trinajstić information content (AvgIpc) is 2.96. The van der Waals surface area contributed by atoms with Gasteiger partial charge in [-0.2, -0.15) is 0 Å². The molecule has 0 aliphatic carbocycles. The van der Waals surface area contributed by atoms with Crippen molar-refractivity contribution < 1.29 is 33.5 Å². The van der Waals surface area contributed by atoms with E-state index in [-0.39, 0.29) is 13.2 Å². The molecule has 2 rings (SSSR count). The minimum atomic E-state index is -0.570. The fourth-order valence-electron chi connectivity index (χ4n) is 2.63. The molecule has 0 amide bonds. The summed E-state index contributed by atoms with van der Waals surface area (Å²) >= 11 is 0. The van der Waals surface area contributed by atoms with Gasteiger partial charge in [0.2, 0.25) is 0 Å². The quantitative estimate of drug-likeness (QED) is 0.762. The molecule has 1 aromatic carbocycles. The summed E-state index contributed by atoms with van der Waals surface area (Å²) in [7, 11) is 6.28. The zero-order valence-electron chi connectivity index (χ0n) is 13.9. The van der Waals surface area contributed by atoms with Crippen molar-refractivity contribution in [2.75, 3.05) is 35.0 Å². The molecule has 1 heterocycles. The molecular weight excluding hydrogens is 304 g/mol. The third kappa shape index (κ3) is 3.94. The maximum Gasteiger partial charge on any atom is 0.186 e. The van der Waals surface area contributed by atoms with Crippen molar-refractivity contribution in [2.24, 2.45) is 0 Å². The van der Waals surface area contributed by atoms with Crippen LogP contribution in [-0.2, 0) is 25.6 Å². The van der Waals surface area contributed by atoms with Gasteiger partial charge in [-0.3, -0.25) is 0 Å². The Morgan fingerprint density at radius 1 is 1.04 bits per heavy atom. The summed E-state index contributed by atoms with van der Waals surface area (Å²) in [4.78, 5) is 0. The van der Waals surface area contributed by atoms with Crippen LogP contribution in [0.3, 0.4) is 0 Å². The van der Waals surface area contributed by atoms with E-state index in [2.05, 4.69) is 0 Å². The maximum atomic E-state index is 9.47. The van der Waals surface area contributed by atoms with Gasteiger partial charge in [0.05, 0.1) is 27.4 Å². The molecule has 1 N–H and O–H groups in total. The second-order valence-corrected chi connectivity index (χ2v) is 5.11. The van der Waals surface area contributed by atoms with Crippen LogP contribution >= 0.6 is 0 Å². The number of hydrogen-bond acceptors (Lipinski definition) is 7. The van der Waals surface area contributed by atoms with E-state index in [9.17, 15) is 5.11 Å². The van der Waals surface area contributed by atoms with Crippen molar-refractivity contribution in [1.82, 2.24) is 0 Å². The number of rotatable bonds is 8. The van der Waals surface area contributed by atoms with Crippen LogP contribution in [0.2, 0.25) is 0 Å². The van der Waals surface area contributed by atoms with Crippen LogP contribution < -0.4 is 9.47 Å². The highest BCUT2D eigenvalue weighted by molar-refractivity contribution is 5.40. The Labute approximate surface area is 136 Å². The average molecular weight is 328 g/mol. The lowest BCUT2D eigenvalue weighted by Gasteiger charge is -2.22. The van der Waals surface area contributed by atoms with Gasteiger partial charge in [0.25, 0.3) is 0 Å². The first-order valence-corrected chi connectivity index (χ1v) is 7.32. The molecule has 0 unspecified atom stereocenters. The number of ether oxygens (including phenoxy) is 6. The largest absolute Gasteiger partial charge is 0.497 e. The molecule has 23 heavy (non-hydrogen) atoms. The Hall–Kier alpha value is -1.38. The van der Waals surface area contributed by atoms with Crippen LogP contribution in [0.15, 0.2) is 18.2 Å². The molecule has 1 aromatic rings. The topological polar surface area (TPSA) is 75.6 Å². The van der Waals surface area contributed by atoms with Crippen molar-refractivity contribution in [3.63, 3.8) is 0 Å². The Balaban J connectivity index is 2.09. The van der Waals surface area contributed by atoms with E-state index in [1.54, 1.807) is 27.4 Å². The minimum absolute atomic E-state index is 0.176. The van der Waals surface area contributed by atoms with Crippen molar-refractivity contribution in [1.29, 1.82) is 0 Å². The van der Waals surface area contributed by atoms with Gasteiger partial charge in [-0.15, -0.1) is 0 Å². The van der Waals surface area contributed by atoms with Crippen LogP contribution in [0, 0.1) is 0 Å². The Kier molecular flexibility index (Phi) is 6.61. The summed E-state index contributed by atoms with van der Waals surface area (Å²) in [5, 5.41) is 9.47. The molecule has 0 saturated carbocycles. The van der Waals surface area contributed by atoms with E-state index in [0.717, 1.165) is 5.56 Å². The Morgan fingerprint density at radius 3 is 2.39 bits per heavy atom. The number of aliphatic hydroxyl groups excluding tert-OH is 1. The third-order valence-corrected chi connectivity index (χ3v) is 3.88. The number of methoxy groups -OCH3 is 4. The number of benzene rings is 1. The maximum absolute atomic E-state index is 9.47. The molecule has 0 bridgehead atoms. The first kappa shape index (κ1) is 18.0. The van der Waals surface area contributed by atoms with E-state index in [1.807, 2.05) is 12.1 Å². The van der Waals surface area contributed by atoms with E-state index < -0.39 is 24.6 Å². The lowest BCUT2D eigenvalue weighted by Crippen LogP contribution is -2.38. The van der Waals surface area contributed by atoms with Crippen LogP contribution in [0.1, 0.15) is 5.56 Å².